The van der Waals surface area contributed by atoms with Crippen LogP contribution in [0.2, 0.25) is 0 Å². The summed E-state index contributed by atoms with van der Waals surface area (Å²) in [7, 11) is 0. The van der Waals surface area contributed by atoms with Crippen LogP contribution in [-0.2, 0) is 0 Å². The van der Waals surface area contributed by atoms with Crippen LogP contribution in [0, 0.1) is 0 Å². The summed E-state index contributed by atoms with van der Waals surface area (Å²) in [5, 5.41) is 0. The number of allylic oxidation sites excluding steroid dienone is 4. The van der Waals surface area contributed by atoms with E-state index in [0.717, 1.165) is 0 Å². The molecule has 0 bridgehead atoms. The predicted octanol–water partition coefficient (Wildman–Crippen LogP) is 12.5. The molecule has 0 saturated heterocycles. The van der Waals surface area contributed by atoms with Gasteiger partial charge in [-0.1, -0.05) is 168 Å². The molecule has 0 aliphatic rings. The molecule has 0 heterocycles. The smallest absolute Gasteiger partial charge is 0.0351 e. The highest BCUT2D eigenvalue weighted by molar-refractivity contribution is 4.81. The van der Waals surface area contributed by atoms with Gasteiger partial charge in [0.1, 0.15) is 0 Å². The second kappa shape index (κ2) is 35.1. The Labute approximate surface area is 206 Å². The quantitative estimate of drug-likeness (QED) is 0.102. The second-order valence-electron chi connectivity index (χ2n) is 9.75. The molecule has 0 amide bonds. The molecular formula is C32H64. The standard InChI is InChI=1S/2C16H32/c2*1-3-5-7-9-11-13-15-16-14-12-10-8-6-4-2/h9,11H,3-8,10,12-16H2,1-2H3;7,9H,3-6,8,10-16H2,1-2H3/b11-9+;9-7-. The Morgan fingerprint density at radius 1 is 0.250 bits per heavy atom. The maximum absolute atomic E-state index is 2.38. The summed E-state index contributed by atoms with van der Waals surface area (Å²) >= 11 is 0. The molecule has 32 heavy (non-hydrogen) atoms. The van der Waals surface area contributed by atoms with E-state index in [0.29, 0.717) is 0 Å². The first-order valence-corrected chi connectivity index (χ1v) is 15.1. The monoisotopic (exact) mass is 449 g/mol. The van der Waals surface area contributed by atoms with Crippen LogP contribution >= 0.6 is 0 Å². The first-order chi connectivity index (χ1) is 15.8. The zero-order valence-electron chi connectivity index (χ0n) is 23.3. The molecule has 0 unspecified atom stereocenters. The van der Waals surface area contributed by atoms with E-state index < -0.39 is 0 Å². The van der Waals surface area contributed by atoms with Crippen molar-refractivity contribution in [3.63, 3.8) is 0 Å². The van der Waals surface area contributed by atoms with Gasteiger partial charge >= 0.3 is 0 Å². The lowest BCUT2D eigenvalue weighted by Crippen LogP contribution is -1.80. The average molecular weight is 449 g/mol. The zero-order chi connectivity index (χ0) is 23.8. The SMILES string of the molecule is CCC/C=C\CCCCCCCCCCC.CCCC/C=C/CCCCCCCCCC. The first kappa shape index (κ1) is 33.7. The van der Waals surface area contributed by atoms with Crippen LogP contribution < -0.4 is 0 Å². The molecule has 0 aromatic carbocycles. The topological polar surface area (TPSA) is 0 Å². The second-order valence-corrected chi connectivity index (χ2v) is 9.75. The average Bonchev–Trinajstić information content (AvgIpc) is 2.81. The Hall–Kier alpha value is -0.520. The van der Waals surface area contributed by atoms with Crippen LogP contribution in [0.5, 0.6) is 0 Å². The van der Waals surface area contributed by atoms with Crippen molar-refractivity contribution < 1.29 is 0 Å². The third-order valence-electron chi connectivity index (χ3n) is 6.21. The van der Waals surface area contributed by atoms with Crippen LogP contribution in [-0.4, -0.2) is 0 Å². The van der Waals surface area contributed by atoms with Gasteiger partial charge in [-0.2, -0.15) is 0 Å². The highest BCUT2D eigenvalue weighted by atomic mass is 14.0. The van der Waals surface area contributed by atoms with Gasteiger partial charge in [-0.25, -0.2) is 0 Å². The zero-order valence-corrected chi connectivity index (χ0v) is 23.3. The minimum absolute atomic E-state index is 1.26. The van der Waals surface area contributed by atoms with Crippen LogP contribution in [0.25, 0.3) is 0 Å². The highest BCUT2D eigenvalue weighted by Gasteiger charge is 1.91. The number of rotatable bonds is 24. The van der Waals surface area contributed by atoms with E-state index in [1.54, 1.807) is 0 Å². The van der Waals surface area contributed by atoms with E-state index >= 15 is 0 Å². The number of unbranched alkanes of at least 4 members (excludes halogenated alkanes) is 20. The molecule has 0 fully saturated rings. The Balaban J connectivity index is 0. The van der Waals surface area contributed by atoms with E-state index in [4.69, 9.17) is 0 Å². The molecule has 0 atom stereocenters. The largest absolute Gasteiger partial charge is 0.0885 e. The van der Waals surface area contributed by atoms with E-state index in [2.05, 4.69) is 52.0 Å². The van der Waals surface area contributed by atoms with E-state index in [1.807, 2.05) is 0 Å². The van der Waals surface area contributed by atoms with E-state index in [9.17, 15) is 0 Å². The molecule has 0 nitrogen and oxygen atoms in total. The van der Waals surface area contributed by atoms with Crippen LogP contribution in [0.1, 0.15) is 182 Å². The number of hydrogen-bond donors (Lipinski definition) is 0. The van der Waals surface area contributed by atoms with Crippen LogP contribution in [0.3, 0.4) is 0 Å². The van der Waals surface area contributed by atoms with E-state index in [-0.39, 0.29) is 0 Å². The molecule has 192 valence electrons. The van der Waals surface area contributed by atoms with Gasteiger partial charge in [-0.15, -0.1) is 0 Å². The first-order valence-electron chi connectivity index (χ1n) is 15.1. The third kappa shape index (κ3) is 36.8. The van der Waals surface area contributed by atoms with Gasteiger partial charge in [0.25, 0.3) is 0 Å². The van der Waals surface area contributed by atoms with Gasteiger partial charge in [-0.05, 0) is 38.5 Å². The molecule has 0 aromatic rings. The van der Waals surface area contributed by atoms with Gasteiger partial charge in [0.05, 0.1) is 0 Å². The maximum Gasteiger partial charge on any atom is -0.0351 e. The number of hydrogen-bond acceptors (Lipinski definition) is 0. The van der Waals surface area contributed by atoms with Gasteiger partial charge in [0.15, 0.2) is 0 Å². The fourth-order valence-electron chi connectivity index (χ4n) is 3.93. The summed E-state index contributed by atoms with van der Waals surface area (Å²) in [4.78, 5) is 0. The van der Waals surface area contributed by atoms with Gasteiger partial charge in [0.2, 0.25) is 0 Å². The van der Waals surface area contributed by atoms with Crippen molar-refractivity contribution in [2.24, 2.45) is 0 Å². The maximum atomic E-state index is 2.38. The Bertz CT molecular complexity index is 338. The molecule has 0 aliphatic carbocycles. The molecule has 0 N–H and O–H groups in total. The summed E-state index contributed by atoms with van der Waals surface area (Å²) in [5.41, 5.74) is 0. The predicted molar refractivity (Wildman–Crippen MR) is 152 cm³/mol. The van der Waals surface area contributed by atoms with Crippen LogP contribution in [0.15, 0.2) is 24.3 Å². The van der Waals surface area contributed by atoms with Crippen molar-refractivity contribution in [3.8, 4) is 0 Å². The minimum Gasteiger partial charge on any atom is -0.0885 e. The lowest BCUT2D eigenvalue weighted by Gasteiger charge is -2.00. The summed E-state index contributed by atoms with van der Waals surface area (Å²) in [5.74, 6) is 0. The normalized spacial score (nSPS) is 11.4. The lowest BCUT2D eigenvalue weighted by molar-refractivity contribution is 0.566. The van der Waals surface area contributed by atoms with Crippen molar-refractivity contribution >= 4 is 0 Å². The molecule has 0 aliphatic heterocycles. The summed E-state index contributed by atoms with van der Waals surface area (Å²) in [6.45, 7) is 9.06. The molecule has 0 heteroatoms. The lowest BCUT2D eigenvalue weighted by atomic mass is 10.1. The van der Waals surface area contributed by atoms with Gasteiger partial charge in [0, 0.05) is 0 Å². The molecule has 0 radical (unpaired) electrons. The Kier molecular flexibility index (Phi) is 36.9. The third-order valence-corrected chi connectivity index (χ3v) is 6.21. The Morgan fingerprint density at radius 3 is 0.875 bits per heavy atom. The van der Waals surface area contributed by atoms with Gasteiger partial charge in [-0.3, -0.25) is 0 Å². The molecule has 0 spiro atoms. The summed E-state index contributed by atoms with van der Waals surface area (Å²) in [6, 6.07) is 0. The molecule has 0 aromatic heterocycles. The summed E-state index contributed by atoms with van der Waals surface area (Å²) < 4.78 is 0. The molecular weight excluding hydrogens is 384 g/mol. The summed E-state index contributed by atoms with van der Waals surface area (Å²) in [6.07, 6.45) is 42.9. The van der Waals surface area contributed by atoms with Crippen molar-refractivity contribution in [1.29, 1.82) is 0 Å². The van der Waals surface area contributed by atoms with Crippen LogP contribution in [0.4, 0.5) is 0 Å². The van der Waals surface area contributed by atoms with Crippen molar-refractivity contribution in [3.05, 3.63) is 24.3 Å². The molecule has 0 rings (SSSR count). The van der Waals surface area contributed by atoms with E-state index in [1.165, 1.54) is 154 Å². The van der Waals surface area contributed by atoms with Crippen molar-refractivity contribution in [1.82, 2.24) is 0 Å². The van der Waals surface area contributed by atoms with Crippen molar-refractivity contribution in [2.45, 2.75) is 182 Å². The fourth-order valence-corrected chi connectivity index (χ4v) is 3.93. The minimum atomic E-state index is 1.26. The highest BCUT2D eigenvalue weighted by Crippen LogP contribution is 2.11. The van der Waals surface area contributed by atoms with Gasteiger partial charge < -0.3 is 0 Å². The Morgan fingerprint density at radius 2 is 0.531 bits per heavy atom. The van der Waals surface area contributed by atoms with Crippen molar-refractivity contribution in [2.75, 3.05) is 0 Å². The fraction of sp³-hybridized carbons (Fsp3) is 0.875. The molecule has 0 saturated carbocycles.